The zero-order chi connectivity index (χ0) is 15.9. The second-order valence-corrected chi connectivity index (χ2v) is 5.01. The lowest BCUT2D eigenvalue weighted by molar-refractivity contribution is 0.117. The Labute approximate surface area is 132 Å². The van der Waals surface area contributed by atoms with Crippen molar-refractivity contribution in [3.05, 3.63) is 58.9 Å². The zero-order valence-electron chi connectivity index (χ0n) is 11.6. The van der Waals surface area contributed by atoms with Crippen LogP contribution in [0.3, 0.4) is 0 Å². The highest BCUT2D eigenvalue weighted by atomic mass is 35.5. The normalized spacial score (nSPS) is 11.5. The Morgan fingerprint density at radius 3 is 2.64 bits per heavy atom. The molecule has 0 amide bonds. The zero-order valence-corrected chi connectivity index (χ0v) is 12.3. The third-order valence-corrected chi connectivity index (χ3v) is 3.20. The third kappa shape index (κ3) is 4.62. The van der Waals surface area contributed by atoms with E-state index in [0.29, 0.717) is 22.0 Å². The molecule has 1 atom stereocenters. The van der Waals surface area contributed by atoms with Crippen molar-refractivity contribution < 1.29 is 14.2 Å². The number of nitrogens with one attached hydrogen (secondary N) is 1. The molecule has 1 unspecified atom stereocenters. The molecule has 0 radical (unpaired) electrons. The molecule has 0 aliphatic rings. The fraction of sp³-hybridized carbons (Fsp3) is 0.188. The van der Waals surface area contributed by atoms with Gasteiger partial charge in [0.25, 0.3) is 0 Å². The summed E-state index contributed by atoms with van der Waals surface area (Å²) in [6.07, 6.45) is -0.750. The Balaban J connectivity index is 1.80. The van der Waals surface area contributed by atoms with E-state index in [-0.39, 0.29) is 19.0 Å². The number of rotatable bonds is 6. The van der Waals surface area contributed by atoms with Crippen LogP contribution in [0.5, 0.6) is 5.75 Å². The van der Waals surface area contributed by atoms with Gasteiger partial charge in [0.1, 0.15) is 30.3 Å². The molecule has 2 aromatic rings. The van der Waals surface area contributed by atoms with Crippen LogP contribution in [-0.2, 0) is 0 Å². The Bertz CT molecular complexity index is 671. The molecule has 0 bridgehead atoms. The molecule has 0 aliphatic heterocycles. The Morgan fingerprint density at radius 2 is 2.00 bits per heavy atom. The molecule has 0 aromatic heterocycles. The lowest BCUT2D eigenvalue weighted by Gasteiger charge is -2.14. The topological polar surface area (TPSA) is 65.3 Å². The van der Waals surface area contributed by atoms with Gasteiger partial charge in [-0.2, -0.15) is 5.26 Å². The maximum absolute atomic E-state index is 12.7. The number of hydrogen-bond donors (Lipinski definition) is 2. The second-order valence-electron chi connectivity index (χ2n) is 4.61. The molecule has 0 heterocycles. The first kappa shape index (κ1) is 16.1. The van der Waals surface area contributed by atoms with Gasteiger partial charge in [0, 0.05) is 12.2 Å². The van der Waals surface area contributed by atoms with Crippen molar-refractivity contribution in [2.45, 2.75) is 6.10 Å². The van der Waals surface area contributed by atoms with Crippen molar-refractivity contribution >= 4 is 17.3 Å². The van der Waals surface area contributed by atoms with Crippen LogP contribution in [0.15, 0.2) is 42.5 Å². The van der Waals surface area contributed by atoms with E-state index in [9.17, 15) is 9.50 Å². The van der Waals surface area contributed by atoms with Crippen molar-refractivity contribution in [3.63, 3.8) is 0 Å². The second kappa shape index (κ2) is 7.64. The molecular formula is C16H14ClFN2O2. The number of benzene rings is 2. The van der Waals surface area contributed by atoms with E-state index in [2.05, 4.69) is 5.32 Å². The molecule has 114 valence electrons. The minimum absolute atomic E-state index is 0.0721. The number of nitrogens with zero attached hydrogens (tertiary/aromatic N) is 1. The van der Waals surface area contributed by atoms with Gasteiger partial charge in [0.2, 0.25) is 0 Å². The predicted molar refractivity (Wildman–Crippen MR) is 82.6 cm³/mol. The van der Waals surface area contributed by atoms with Gasteiger partial charge in [-0.3, -0.25) is 0 Å². The van der Waals surface area contributed by atoms with E-state index in [1.165, 1.54) is 24.3 Å². The van der Waals surface area contributed by atoms with Crippen LogP contribution in [0.4, 0.5) is 10.1 Å². The van der Waals surface area contributed by atoms with E-state index in [1.807, 2.05) is 6.07 Å². The van der Waals surface area contributed by atoms with Crippen LogP contribution >= 0.6 is 11.6 Å². The van der Waals surface area contributed by atoms with Gasteiger partial charge < -0.3 is 15.2 Å². The summed E-state index contributed by atoms with van der Waals surface area (Å²) < 4.78 is 18.1. The highest BCUT2D eigenvalue weighted by molar-refractivity contribution is 6.32. The molecule has 2 rings (SSSR count). The number of anilines is 1. The van der Waals surface area contributed by atoms with Crippen LogP contribution in [0.1, 0.15) is 5.56 Å². The predicted octanol–water partition coefficient (Wildman–Crippen LogP) is 3.20. The van der Waals surface area contributed by atoms with Crippen LogP contribution < -0.4 is 10.1 Å². The van der Waals surface area contributed by atoms with Crippen molar-refractivity contribution in [2.24, 2.45) is 0 Å². The number of hydrogen-bond acceptors (Lipinski definition) is 4. The molecule has 22 heavy (non-hydrogen) atoms. The monoisotopic (exact) mass is 320 g/mol. The van der Waals surface area contributed by atoms with Crippen molar-refractivity contribution in [2.75, 3.05) is 18.5 Å². The number of aliphatic hydroxyl groups is 1. The minimum atomic E-state index is -0.750. The van der Waals surface area contributed by atoms with E-state index in [0.717, 1.165) is 0 Å². The Morgan fingerprint density at radius 1 is 1.27 bits per heavy atom. The molecule has 0 spiro atoms. The Hall–Kier alpha value is -2.29. The van der Waals surface area contributed by atoms with Gasteiger partial charge in [0.05, 0.1) is 10.6 Å². The number of nitriles is 1. The summed E-state index contributed by atoms with van der Waals surface area (Å²) in [5.41, 5.74) is 1.09. The number of aliphatic hydroxyl groups excluding tert-OH is 1. The molecule has 4 nitrogen and oxygen atoms in total. The molecule has 0 aliphatic carbocycles. The van der Waals surface area contributed by atoms with E-state index < -0.39 is 6.10 Å². The lowest BCUT2D eigenvalue weighted by atomic mass is 10.2. The number of ether oxygens (including phenoxy) is 1. The standard InChI is InChI=1S/C16H14ClFN2O2/c17-16-7-13(4-1-11(16)8-19)20-9-14(21)10-22-15-5-2-12(18)3-6-15/h1-7,14,20-21H,9-10H2. The first-order valence-corrected chi connectivity index (χ1v) is 6.96. The lowest BCUT2D eigenvalue weighted by Crippen LogP contribution is -2.26. The van der Waals surface area contributed by atoms with Crippen molar-refractivity contribution in [1.29, 1.82) is 5.26 Å². The molecule has 0 saturated carbocycles. The average molecular weight is 321 g/mol. The van der Waals surface area contributed by atoms with E-state index in [4.69, 9.17) is 21.6 Å². The van der Waals surface area contributed by atoms with Crippen LogP contribution in [0.25, 0.3) is 0 Å². The van der Waals surface area contributed by atoms with Crippen LogP contribution in [0.2, 0.25) is 5.02 Å². The molecule has 0 fully saturated rings. The molecule has 2 aromatic carbocycles. The van der Waals surface area contributed by atoms with Crippen molar-refractivity contribution in [3.8, 4) is 11.8 Å². The first-order chi connectivity index (χ1) is 10.6. The quantitative estimate of drug-likeness (QED) is 0.858. The molecule has 0 saturated heterocycles. The average Bonchev–Trinajstić information content (AvgIpc) is 2.52. The summed E-state index contributed by atoms with van der Waals surface area (Å²) in [6.45, 7) is 0.325. The summed E-state index contributed by atoms with van der Waals surface area (Å²) in [5.74, 6) is 0.147. The van der Waals surface area contributed by atoms with Gasteiger partial charge in [-0.15, -0.1) is 0 Å². The van der Waals surface area contributed by atoms with E-state index >= 15 is 0 Å². The molecule has 2 N–H and O–H groups in total. The summed E-state index contributed by atoms with van der Waals surface area (Å²) in [7, 11) is 0. The maximum Gasteiger partial charge on any atom is 0.123 e. The summed E-state index contributed by atoms with van der Waals surface area (Å²) in [6, 6.07) is 12.5. The minimum Gasteiger partial charge on any atom is -0.491 e. The Kier molecular flexibility index (Phi) is 5.59. The van der Waals surface area contributed by atoms with Gasteiger partial charge in [0.15, 0.2) is 0 Å². The SMILES string of the molecule is N#Cc1ccc(NCC(O)COc2ccc(F)cc2)cc1Cl. The van der Waals surface area contributed by atoms with Gasteiger partial charge >= 0.3 is 0 Å². The summed E-state index contributed by atoms with van der Waals surface area (Å²) >= 11 is 5.92. The van der Waals surface area contributed by atoms with Gasteiger partial charge in [-0.25, -0.2) is 4.39 Å². The third-order valence-electron chi connectivity index (χ3n) is 2.89. The summed E-state index contributed by atoms with van der Waals surface area (Å²) in [5, 5.41) is 22.0. The van der Waals surface area contributed by atoms with E-state index in [1.54, 1.807) is 18.2 Å². The first-order valence-electron chi connectivity index (χ1n) is 6.58. The van der Waals surface area contributed by atoms with Crippen molar-refractivity contribution in [1.82, 2.24) is 0 Å². The number of halogens is 2. The summed E-state index contributed by atoms with van der Waals surface area (Å²) in [4.78, 5) is 0. The fourth-order valence-corrected chi connectivity index (χ4v) is 1.96. The highest BCUT2D eigenvalue weighted by Gasteiger charge is 2.07. The van der Waals surface area contributed by atoms with Gasteiger partial charge in [-0.05, 0) is 42.5 Å². The molecular weight excluding hydrogens is 307 g/mol. The smallest absolute Gasteiger partial charge is 0.123 e. The highest BCUT2D eigenvalue weighted by Crippen LogP contribution is 2.20. The largest absolute Gasteiger partial charge is 0.491 e. The maximum atomic E-state index is 12.7. The fourth-order valence-electron chi connectivity index (χ4n) is 1.73. The van der Waals surface area contributed by atoms with Crippen LogP contribution in [0, 0.1) is 17.1 Å². The van der Waals surface area contributed by atoms with Crippen LogP contribution in [-0.4, -0.2) is 24.4 Å². The van der Waals surface area contributed by atoms with Gasteiger partial charge in [-0.1, -0.05) is 11.6 Å². The molecule has 6 heteroatoms.